The summed E-state index contributed by atoms with van der Waals surface area (Å²) in [6.07, 6.45) is 0. The van der Waals surface area contributed by atoms with Crippen LogP contribution in [0.5, 0.6) is 0 Å². The van der Waals surface area contributed by atoms with Crippen LogP contribution in [-0.2, 0) is 16.1 Å². The molecule has 0 aliphatic carbocycles. The number of hydrogen-bond donors (Lipinski definition) is 1. The van der Waals surface area contributed by atoms with E-state index in [0.29, 0.717) is 18.3 Å². The Kier molecular flexibility index (Phi) is 8.09. The van der Waals surface area contributed by atoms with Crippen molar-refractivity contribution < 1.29 is 19.2 Å². The van der Waals surface area contributed by atoms with Crippen LogP contribution in [0.1, 0.15) is 50.4 Å². The summed E-state index contributed by atoms with van der Waals surface area (Å²) in [6, 6.07) is 22.2. The molecule has 38 heavy (non-hydrogen) atoms. The smallest absolute Gasteiger partial charge is 0.317 e. The van der Waals surface area contributed by atoms with Gasteiger partial charge < -0.3 is 14.4 Å². The topological polar surface area (TPSA) is 88.7 Å². The summed E-state index contributed by atoms with van der Waals surface area (Å²) >= 11 is 0. The third-order valence-electron chi connectivity index (χ3n) is 6.80. The van der Waals surface area contributed by atoms with Crippen LogP contribution in [0.3, 0.4) is 0 Å². The van der Waals surface area contributed by atoms with Crippen molar-refractivity contribution in [2.75, 3.05) is 13.7 Å². The monoisotopic (exact) mass is 513 g/mol. The first-order chi connectivity index (χ1) is 18.1. The molecule has 198 valence electrons. The molecule has 0 radical (unpaired) electrons. The van der Waals surface area contributed by atoms with E-state index in [1.807, 2.05) is 81.1 Å². The summed E-state index contributed by atoms with van der Waals surface area (Å²) in [7, 11) is 1.69. The van der Waals surface area contributed by atoms with E-state index in [2.05, 4.69) is 35.3 Å². The summed E-state index contributed by atoms with van der Waals surface area (Å²) < 4.78 is 11.1. The highest BCUT2D eigenvalue weighted by atomic mass is 16.5. The second-order valence-corrected chi connectivity index (χ2v) is 10.5. The number of hydrogen-bond acceptors (Lipinski definition) is 6. The molecule has 0 amide bonds. The highest BCUT2D eigenvalue weighted by molar-refractivity contribution is 5.74. The van der Waals surface area contributed by atoms with Crippen molar-refractivity contribution >= 4 is 5.97 Å². The van der Waals surface area contributed by atoms with Gasteiger partial charge in [0, 0.05) is 29.8 Å². The molecule has 0 spiro atoms. The van der Waals surface area contributed by atoms with Crippen LogP contribution in [-0.4, -0.2) is 45.3 Å². The average molecular weight is 514 g/mol. The second kappa shape index (κ2) is 11.3. The summed E-state index contributed by atoms with van der Waals surface area (Å²) in [5.74, 6) is 0.0866. The van der Waals surface area contributed by atoms with Crippen LogP contribution in [0.2, 0.25) is 0 Å². The summed E-state index contributed by atoms with van der Waals surface area (Å²) in [5.41, 5.74) is 6.90. The molecule has 1 heterocycles. The van der Waals surface area contributed by atoms with Gasteiger partial charge in [-0.1, -0.05) is 59.8 Å². The average Bonchev–Trinajstić information content (AvgIpc) is 3.37. The molecule has 0 aliphatic heterocycles. The molecule has 4 rings (SSSR count). The first-order valence-corrected chi connectivity index (χ1v) is 12.7. The maximum atomic E-state index is 11.4. The Morgan fingerprint density at radius 3 is 2.34 bits per heavy atom. The fraction of sp³-hybridized carbons (Fsp3) is 0.323. The molecule has 1 aromatic heterocycles. The van der Waals surface area contributed by atoms with E-state index in [1.54, 1.807) is 7.11 Å². The minimum Gasteiger partial charge on any atom is -0.480 e. The lowest BCUT2D eigenvalue weighted by atomic mass is 9.94. The number of aliphatic carboxylic acids is 1. The lowest BCUT2D eigenvalue weighted by Gasteiger charge is -2.39. The van der Waals surface area contributed by atoms with Gasteiger partial charge in [0.05, 0.1) is 13.2 Å². The summed E-state index contributed by atoms with van der Waals surface area (Å²) in [5, 5.41) is 13.6. The largest absolute Gasteiger partial charge is 0.480 e. The van der Waals surface area contributed by atoms with Gasteiger partial charge in [-0.3, -0.25) is 9.69 Å². The molecule has 0 saturated carbocycles. The number of carbonyl (C=O) groups is 1. The van der Waals surface area contributed by atoms with Crippen molar-refractivity contribution in [3.05, 3.63) is 83.4 Å². The highest BCUT2D eigenvalue weighted by Crippen LogP contribution is 2.32. The van der Waals surface area contributed by atoms with Gasteiger partial charge in [-0.15, -0.1) is 0 Å². The number of rotatable bonds is 9. The fourth-order valence-electron chi connectivity index (χ4n) is 4.79. The van der Waals surface area contributed by atoms with Gasteiger partial charge in [0.15, 0.2) is 0 Å². The van der Waals surface area contributed by atoms with E-state index >= 15 is 0 Å². The van der Waals surface area contributed by atoms with Crippen molar-refractivity contribution in [1.29, 1.82) is 0 Å². The van der Waals surface area contributed by atoms with E-state index < -0.39 is 5.97 Å². The Morgan fingerprint density at radius 1 is 1.03 bits per heavy atom. The first-order valence-electron chi connectivity index (χ1n) is 12.7. The molecule has 7 nitrogen and oxygen atoms in total. The summed E-state index contributed by atoms with van der Waals surface area (Å²) in [4.78, 5) is 18.1. The predicted octanol–water partition coefficient (Wildman–Crippen LogP) is 6.77. The maximum Gasteiger partial charge on any atom is 0.317 e. The molecular formula is C31H35N3O4. The zero-order chi connectivity index (χ0) is 27.4. The standard InChI is InChI=1S/C31H35N3O4/c1-20-9-7-8-10-26(20)27-16-15-24(17-25(27)19-37-6)30-32-29(33-38-30)23-13-11-22(12-14-23)21(2)34(18-28(35)36)31(3,4)5/h7-17,21H,18-19H2,1-6H3,(H,35,36)/t21-/m1/s1. The quantitative estimate of drug-likeness (QED) is 0.264. The third-order valence-corrected chi connectivity index (χ3v) is 6.80. The predicted molar refractivity (Wildman–Crippen MR) is 149 cm³/mol. The third kappa shape index (κ3) is 6.01. The molecule has 0 fully saturated rings. The molecule has 7 heteroatoms. The molecule has 1 atom stereocenters. The van der Waals surface area contributed by atoms with Gasteiger partial charge in [0.2, 0.25) is 5.82 Å². The number of aromatic nitrogens is 2. The van der Waals surface area contributed by atoms with Crippen molar-refractivity contribution in [3.8, 4) is 34.0 Å². The number of benzene rings is 3. The van der Waals surface area contributed by atoms with Gasteiger partial charge in [-0.05, 0) is 74.6 Å². The van der Waals surface area contributed by atoms with Crippen molar-refractivity contribution in [1.82, 2.24) is 15.0 Å². The molecule has 0 saturated heterocycles. The number of nitrogens with zero attached hydrogens (tertiary/aromatic N) is 3. The van der Waals surface area contributed by atoms with Crippen molar-refractivity contribution in [3.63, 3.8) is 0 Å². The SMILES string of the molecule is COCc1cc(-c2nc(-c3ccc([C@@H](C)N(CC(=O)O)C(C)(C)C)cc3)no2)ccc1-c1ccccc1C. The number of carboxylic acids is 1. The van der Waals surface area contributed by atoms with E-state index in [4.69, 9.17) is 9.26 Å². The normalized spacial score (nSPS) is 12.6. The minimum atomic E-state index is -0.844. The van der Waals surface area contributed by atoms with Crippen molar-refractivity contribution in [2.24, 2.45) is 0 Å². The number of aryl methyl sites for hydroxylation is 1. The Balaban J connectivity index is 1.59. The highest BCUT2D eigenvalue weighted by Gasteiger charge is 2.29. The second-order valence-electron chi connectivity index (χ2n) is 10.5. The lowest BCUT2D eigenvalue weighted by molar-refractivity contribution is -0.140. The van der Waals surface area contributed by atoms with Gasteiger partial charge >= 0.3 is 5.97 Å². The molecule has 0 aliphatic rings. The Bertz CT molecular complexity index is 1400. The van der Waals surface area contributed by atoms with E-state index in [-0.39, 0.29) is 18.1 Å². The number of methoxy groups -OCH3 is 1. The molecular weight excluding hydrogens is 478 g/mol. The Morgan fingerprint density at radius 2 is 1.71 bits per heavy atom. The molecule has 0 bridgehead atoms. The van der Waals surface area contributed by atoms with Gasteiger partial charge in [-0.2, -0.15) is 4.98 Å². The van der Waals surface area contributed by atoms with Gasteiger partial charge in [-0.25, -0.2) is 0 Å². The first kappa shape index (κ1) is 27.2. The molecule has 3 aromatic carbocycles. The minimum absolute atomic E-state index is 0.0334. The van der Waals surface area contributed by atoms with Gasteiger partial charge in [0.1, 0.15) is 0 Å². The zero-order valence-corrected chi connectivity index (χ0v) is 22.9. The number of carboxylic acid groups (broad SMARTS) is 1. The van der Waals surface area contributed by atoms with E-state index in [9.17, 15) is 9.90 Å². The van der Waals surface area contributed by atoms with Crippen LogP contribution in [0, 0.1) is 6.92 Å². The molecule has 4 aromatic rings. The van der Waals surface area contributed by atoms with Crippen molar-refractivity contribution in [2.45, 2.75) is 52.8 Å². The van der Waals surface area contributed by atoms with Crippen LogP contribution >= 0.6 is 0 Å². The molecule has 0 unspecified atom stereocenters. The zero-order valence-electron chi connectivity index (χ0n) is 22.9. The fourth-order valence-corrected chi connectivity index (χ4v) is 4.79. The van der Waals surface area contributed by atoms with E-state index in [0.717, 1.165) is 27.8 Å². The lowest BCUT2D eigenvalue weighted by Crippen LogP contribution is -2.45. The Hall–Kier alpha value is -3.81. The van der Waals surface area contributed by atoms with Crippen LogP contribution in [0.25, 0.3) is 34.0 Å². The molecule has 1 N–H and O–H groups in total. The maximum absolute atomic E-state index is 11.4. The number of ether oxygens (including phenoxy) is 1. The van der Waals surface area contributed by atoms with E-state index in [1.165, 1.54) is 11.1 Å². The van der Waals surface area contributed by atoms with Crippen LogP contribution in [0.15, 0.2) is 71.3 Å². The van der Waals surface area contributed by atoms with Gasteiger partial charge in [0.25, 0.3) is 5.89 Å². The van der Waals surface area contributed by atoms with Crippen LogP contribution < -0.4 is 0 Å². The Labute approximate surface area is 224 Å². The summed E-state index contributed by atoms with van der Waals surface area (Å²) in [6.45, 7) is 10.6. The van der Waals surface area contributed by atoms with Crippen LogP contribution in [0.4, 0.5) is 0 Å².